The highest BCUT2D eigenvalue weighted by molar-refractivity contribution is 5.95. The Morgan fingerprint density at radius 1 is 0.667 bits per heavy atom. The Bertz CT molecular complexity index is 980. The number of rotatable bonds is 5. The zero-order valence-corrected chi connectivity index (χ0v) is 16.7. The van der Waals surface area contributed by atoms with E-state index in [9.17, 15) is 9.59 Å². The summed E-state index contributed by atoms with van der Waals surface area (Å²) in [5.41, 5.74) is 2.88. The fourth-order valence-electron chi connectivity index (χ4n) is 3.53. The second-order valence-electron chi connectivity index (χ2n) is 7.22. The molecule has 4 rings (SSSR count). The summed E-state index contributed by atoms with van der Waals surface area (Å²) in [4.78, 5) is 28.8. The van der Waals surface area contributed by atoms with Crippen molar-refractivity contribution in [1.29, 1.82) is 0 Å². The first-order valence-electron chi connectivity index (χ1n) is 10.1. The topological polar surface area (TPSA) is 49.9 Å². The van der Waals surface area contributed by atoms with Crippen LogP contribution in [-0.4, -0.2) is 54.4 Å². The third kappa shape index (κ3) is 4.69. The van der Waals surface area contributed by atoms with Crippen molar-refractivity contribution in [2.75, 3.05) is 32.8 Å². The summed E-state index contributed by atoms with van der Waals surface area (Å²) in [6.07, 6.45) is 0. The lowest BCUT2D eigenvalue weighted by Gasteiger charge is -2.34. The molecule has 0 bridgehead atoms. The number of carbonyl (C=O) groups is 2. The van der Waals surface area contributed by atoms with Crippen LogP contribution in [0.5, 0.6) is 5.75 Å². The molecule has 0 aliphatic carbocycles. The Kier molecular flexibility index (Phi) is 6.09. The summed E-state index contributed by atoms with van der Waals surface area (Å²) >= 11 is 0. The first-order valence-corrected chi connectivity index (χ1v) is 10.1. The van der Waals surface area contributed by atoms with Gasteiger partial charge in [0, 0.05) is 31.7 Å². The van der Waals surface area contributed by atoms with Gasteiger partial charge in [0.1, 0.15) is 5.75 Å². The largest absolute Gasteiger partial charge is 0.484 e. The maximum Gasteiger partial charge on any atom is 0.260 e. The van der Waals surface area contributed by atoms with Crippen LogP contribution >= 0.6 is 0 Å². The van der Waals surface area contributed by atoms with E-state index in [0.717, 1.165) is 11.1 Å². The molecule has 3 aromatic carbocycles. The maximum absolute atomic E-state index is 12.8. The van der Waals surface area contributed by atoms with Crippen molar-refractivity contribution < 1.29 is 14.3 Å². The fourth-order valence-corrected chi connectivity index (χ4v) is 3.53. The third-order valence-corrected chi connectivity index (χ3v) is 5.26. The molecule has 0 radical (unpaired) electrons. The van der Waals surface area contributed by atoms with Crippen LogP contribution in [0.3, 0.4) is 0 Å². The molecule has 0 saturated carbocycles. The number of para-hydroxylation sites is 1. The molecule has 5 nitrogen and oxygen atoms in total. The molecule has 30 heavy (non-hydrogen) atoms. The SMILES string of the molecule is O=C(COc1ccccc1)N1CCN(C(=O)c2ccc(-c3ccccc3)cc2)CC1. The normalized spacial score (nSPS) is 13.7. The fraction of sp³-hybridized carbons (Fsp3) is 0.200. The molecule has 0 atom stereocenters. The monoisotopic (exact) mass is 400 g/mol. The molecule has 0 N–H and O–H groups in total. The van der Waals surface area contributed by atoms with Gasteiger partial charge in [0.2, 0.25) is 0 Å². The summed E-state index contributed by atoms with van der Waals surface area (Å²) in [7, 11) is 0. The van der Waals surface area contributed by atoms with Crippen LogP contribution in [0.4, 0.5) is 0 Å². The van der Waals surface area contributed by atoms with E-state index in [2.05, 4.69) is 12.1 Å². The van der Waals surface area contributed by atoms with E-state index >= 15 is 0 Å². The zero-order chi connectivity index (χ0) is 20.8. The molecule has 5 heteroatoms. The molecule has 0 unspecified atom stereocenters. The van der Waals surface area contributed by atoms with Crippen molar-refractivity contribution in [1.82, 2.24) is 9.80 Å². The predicted octanol–water partition coefficient (Wildman–Crippen LogP) is 3.72. The highest BCUT2D eigenvalue weighted by Gasteiger charge is 2.25. The molecule has 1 aliphatic rings. The highest BCUT2D eigenvalue weighted by Crippen LogP contribution is 2.20. The minimum absolute atomic E-state index is 0.00208. The Morgan fingerprint density at radius 2 is 1.20 bits per heavy atom. The van der Waals surface area contributed by atoms with Gasteiger partial charge in [-0.25, -0.2) is 0 Å². The molecule has 1 heterocycles. The number of benzene rings is 3. The Hall–Kier alpha value is -3.60. The second-order valence-corrected chi connectivity index (χ2v) is 7.22. The van der Waals surface area contributed by atoms with Crippen molar-refractivity contribution in [2.24, 2.45) is 0 Å². The number of carbonyl (C=O) groups excluding carboxylic acids is 2. The van der Waals surface area contributed by atoms with Crippen LogP contribution in [-0.2, 0) is 4.79 Å². The molecule has 1 saturated heterocycles. The standard InChI is InChI=1S/C25H24N2O3/c28-24(19-30-23-9-5-2-6-10-23)26-15-17-27(18-16-26)25(29)22-13-11-21(12-14-22)20-7-3-1-4-8-20/h1-14H,15-19H2. The lowest BCUT2D eigenvalue weighted by Crippen LogP contribution is -2.51. The maximum atomic E-state index is 12.8. The average molecular weight is 400 g/mol. The lowest BCUT2D eigenvalue weighted by atomic mass is 10.0. The van der Waals surface area contributed by atoms with Crippen LogP contribution in [0.25, 0.3) is 11.1 Å². The molecule has 3 aromatic rings. The van der Waals surface area contributed by atoms with Gasteiger partial charge in [0.25, 0.3) is 11.8 Å². The molecule has 152 valence electrons. The van der Waals surface area contributed by atoms with Gasteiger partial charge >= 0.3 is 0 Å². The molecule has 0 spiro atoms. The van der Waals surface area contributed by atoms with E-state index in [1.165, 1.54) is 0 Å². The third-order valence-electron chi connectivity index (χ3n) is 5.26. The number of hydrogen-bond donors (Lipinski definition) is 0. The van der Waals surface area contributed by atoms with Crippen molar-refractivity contribution >= 4 is 11.8 Å². The van der Waals surface area contributed by atoms with Crippen LogP contribution in [0, 0.1) is 0 Å². The number of ether oxygens (including phenoxy) is 1. The molecule has 2 amide bonds. The van der Waals surface area contributed by atoms with E-state index in [-0.39, 0.29) is 18.4 Å². The predicted molar refractivity (Wildman–Crippen MR) is 116 cm³/mol. The second kappa shape index (κ2) is 9.27. The Labute approximate surface area is 176 Å². The van der Waals surface area contributed by atoms with Gasteiger partial charge in [-0.1, -0.05) is 60.7 Å². The van der Waals surface area contributed by atoms with Crippen molar-refractivity contribution in [3.8, 4) is 16.9 Å². The van der Waals surface area contributed by atoms with Gasteiger partial charge in [0.15, 0.2) is 6.61 Å². The van der Waals surface area contributed by atoms with Crippen molar-refractivity contribution in [3.63, 3.8) is 0 Å². The van der Waals surface area contributed by atoms with Gasteiger partial charge in [-0.05, 0) is 35.4 Å². The summed E-state index contributed by atoms with van der Waals surface area (Å²) in [6, 6.07) is 27.1. The van der Waals surface area contributed by atoms with Crippen molar-refractivity contribution in [3.05, 3.63) is 90.5 Å². The van der Waals surface area contributed by atoms with E-state index < -0.39 is 0 Å². The van der Waals surface area contributed by atoms with E-state index in [1.807, 2.05) is 72.8 Å². The van der Waals surface area contributed by atoms with Crippen LogP contribution in [0.2, 0.25) is 0 Å². The van der Waals surface area contributed by atoms with E-state index in [0.29, 0.717) is 37.5 Å². The molecule has 0 aromatic heterocycles. The quantitative estimate of drug-likeness (QED) is 0.656. The highest BCUT2D eigenvalue weighted by atomic mass is 16.5. The molecular formula is C25H24N2O3. The lowest BCUT2D eigenvalue weighted by molar-refractivity contribution is -0.134. The number of amides is 2. The van der Waals surface area contributed by atoms with Gasteiger partial charge in [-0.15, -0.1) is 0 Å². The van der Waals surface area contributed by atoms with Gasteiger partial charge in [-0.3, -0.25) is 9.59 Å². The van der Waals surface area contributed by atoms with Gasteiger partial charge < -0.3 is 14.5 Å². The minimum atomic E-state index is -0.0573. The number of piperazine rings is 1. The summed E-state index contributed by atoms with van der Waals surface area (Å²) in [5.74, 6) is 0.624. The van der Waals surface area contributed by atoms with Crippen LogP contribution < -0.4 is 4.74 Å². The summed E-state index contributed by atoms with van der Waals surface area (Å²) in [6.45, 7) is 2.10. The van der Waals surface area contributed by atoms with Crippen LogP contribution in [0.15, 0.2) is 84.9 Å². The van der Waals surface area contributed by atoms with Gasteiger partial charge in [0.05, 0.1) is 0 Å². The Morgan fingerprint density at radius 3 is 1.83 bits per heavy atom. The van der Waals surface area contributed by atoms with Gasteiger partial charge in [-0.2, -0.15) is 0 Å². The summed E-state index contributed by atoms with van der Waals surface area (Å²) < 4.78 is 5.54. The van der Waals surface area contributed by atoms with Crippen molar-refractivity contribution in [2.45, 2.75) is 0 Å². The smallest absolute Gasteiger partial charge is 0.260 e. The first kappa shape index (κ1) is 19.7. The van der Waals surface area contributed by atoms with Crippen LogP contribution in [0.1, 0.15) is 10.4 Å². The Balaban J connectivity index is 1.29. The van der Waals surface area contributed by atoms with E-state index in [1.54, 1.807) is 9.80 Å². The minimum Gasteiger partial charge on any atom is -0.484 e. The summed E-state index contributed by atoms with van der Waals surface area (Å²) in [5, 5.41) is 0. The number of hydrogen-bond acceptors (Lipinski definition) is 3. The zero-order valence-electron chi connectivity index (χ0n) is 16.7. The molecule has 1 fully saturated rings. The van der Waals surface area contributed by atoms with E-state index in [4.69, 9.17) is 4.74 Å². The first-order chi connectivity index (χ1) is 14.7. The number of nitrogens with zero attached hydrogens (tertiary/aromatic N) is 2. The average Bonchev–Trinajstić information content (AvgIpc) is 2.83. The molecule has 1 aliphatic heterocycles. The molecular weight excluding hydrogens is 376 g/mol.